The molecule has 4 N–H and O–H groups in total. The maximum Gasteiger partial charge on any atom is 0.335 e. The Balaban J connectivity index is 2.81. The molecular formula is C13H18N2O3. The van der Waals surface area contributed by atoms with Gasteiger partial charge < -0.3 is 16.2 Å². The van der Waals surface area contributed by atoms with Crippen LogP contribution < -0.4 is 11.1 Å². The van der Waals surface area contributed by atoms with E-state index in [1.807, 2.05) is 6.92 Å². The number of aryl methyl sites for hydroxylation is 1. The highest BCUT2D eigenvalue weighted by atomic mass is 16.4. The van der Waals surface area contributed by atoms with Gasteiger partial charge in [-0.25, -0.2) is 4.79 Å². The molecule has 0 aliphatic carbocycles. The number of carbonyl (C=O) groups excluding carboxylic acids is 1. The molecule has 1 rings (SSSR count). The van der Waals surface area contributed by atoms with Crippen molar-refractivity contribution < 1.29 is 14.7 Å². The zero-order valence-electron chi connectivity index (χ0n) is 10.8. The molecular weight excluding hydrogens is 232 g/mol. The third-order valence-corrected chi connectivity index (χ3v) is 2.86. The Kier molecular flexibility index (Phi) is 3.96. The zero-order chi connectivity index (χ0) is 13.9. The van der Waals surface area contributed by atoms with Crippen molar-refractivity contribution in [1.29, 1.82) is 0 Å². The number of carboxylic acid groups (broad SMARTS) is 1. The van der Waals surface area contributed by atoms with E-state index in [1.165, 1.54) is 6.07 Å². The van der Waals surface area contributed by atoms with E-state index in [2.05, 4.69) is 5.32 Å². The van der Waals surface area contributed by atoms with Gasteiger partial charge in [-0.3, -0.25) is 4.79 Å². The average Bonchev–Trinajstić information content (AvgIpc) is 2.26. The maximum atomic E-state index is 11.2. The minimum Gasteiger partial charge on any atom is -0.478 e. The number of rotatable bonds is 5. The van der Waals surface area contributed by atoms with Crippen molar-refractivity contribution >= 4 is 17.6 Å². The molecule has 18 heavy (non-hydrogen) atoms. The Morgan fingerprint density at radius 2 is 2.00 bits per heavy atom. The molecule has 0 heterocycles. The number of hydrogen-bond acceptors (Lipinski definition) is 3. The van der Waals surface area contributed by atoms with E-state index in [0.29, 0.717) is 6.54 Å². The van der Waals surface area contributed by atoms with Crippen LogP contribution in [0, 0.1) is 12.3 Å². The van der Waals surface area contributed by atoms with Crippen molar-refractivity contribution in [2.75, 3.05) is 11.9 Å². The number of carboxylic acids is 1. The lowest BCUT2D eigenvalue weighted by atomic mass is 9.92. The molecule has 0 saturated heterocycles. The summed E-state index contributed by atoms with van der Waals surface area (Å²) in [6.07, 6.45) is 0. The number of hydrogen-bond donors (Lipinski definition) is 3. The summed E-state index contributed by atoms with van der Waals surface area (Å²) in [6.45, 7) is 5.72. The van der Waals surface area contributed by atoms with Gasteiger partial charge in [-0.2, -0.15) is 0 Å². The van der Waals surface area contributed by atoms with Crippen LogP contribution in [-0.4, -0.2) is 23.5 Å². The fraction of sp³-hybridized carbons (Fsp3) is 0.385. The van der Waals surface area contributed by atoms with E-state index in [0.717, 1.165) is 11.3 Å². The smallest absolute Gasteiger partial charge is 0.335 e. The molecule has 98 valence electrons. The van der Waals surface area contributed by atoms with E-state index in [1.54, 1.807) is 26.0 Å². The Morgan fingerprint density at radius 1 is 1.39 bits per heavy atom. The molecule has 5 nitrogen and oxygen atoms in total. The molecule has 1 aromatic rings. The minimum absolute atomic E-state index is 0.243. The molecule has 0 saturated carbocycles. The van der Waals surface area contributed by atoms with Crippen molar-refractivity contribution in [1.82, 2.24) is 0 Å². The number of benzene rings is 1. The number of anilines is 1. The van der Waals surface area contributed by atoms with Gasteiger partial charge >= 0.3 is 5.97 Å². The summed E-state index contributed by atoms with van der Waals surface area (Å²) in [4.78, 5) is 22.0. The van der Waals surface area contributed by atoms with Crippen molar-refractivity contribution in [3.05, 3.63) is 29.3 Å². The number of aromatic carboxylic acids is 1. The second-order valence-corrected chi connectivity index (χ2v) is 4.94. The summed E-state index contributed by atoms with van der Waals surface area (Å²) in [6, 6.07) is 4.80. The fourth-order valence-corrected chi connectivity index (χ4v) is 1.40. The van der Waals surface area contributed by atoms with Crippen molar-refractivity contribution in [2.45, 2.75) is 20.8 Å². The molecule has 5 heteroatoms. The van der Waals surface area contributed by atoms with Crippen LogP contribution in [0.1, 0.15) is 29.8 Å². The summed E-state index contributed by atoms with van der Waals surface area (Å²) in [5, 5.41) is 12.0. The Bertz CT molecular complexity index is 481. The summed E-state index contributed by atoms with van der Waals surface area (Å²) in [5.41, 5.74) is 6.48. The van der Waals surface area contributed by atoms with Gasteiger partial charge in [0.1, 0.15) is 0 Å². The normalized spacial score (nSPS) is 11.1. The Hall–Kier alpha value is -2.04. The molecule has 0 spiro atoms. The molecule has 0 bridgehead atoms. The van der Waals surface area contributed by atoms with Gasteiger partial charge in [0.05, 0.1) is 11.0 Å². The fourth-order valence-electron chi connectivity index (χ4n) is 1.40. The predicted octanol–water partition coefficient (Wildman–Crippen LogP) is 1.62. The van der Waals surface area contributed by atoms with Crippen LogP contribution >= 0.6 is 0 Å². The summed E-state index contributed by atoms with van der Waals surface area (Å²) >= 11 is 0. The molecule has 0 atom stereocenters. The van der Waals surface area contributed by atoms with Gasteiger partial charge in [-0.15, -0.1) is 0 Å². The highest BCUT2D eigenvalue weighted by Gasteiger charge is 2.24. The molecule has 0 fully saturated rings. The second kappa shape index (κ2) is 5.08. The SMILES string of the molecule is Cc1cc(C(=O)O)ccc1NCC(C)(C)C(N)=O. The quantitative estimate of drug-likeness (QED) is 0.740. The first-order chi connectivity index (χ1) is 8.24. The first kappa shape index (κ1) is 14.0. The van der Waals surface area contributed by atoms with E-state index < -0.39 is 11.4 Å². The number of amides is 1. The summed E-state index contributed by atoms with van der Waals surface area (Å²) in [7, 11) is 0. The molecule has 0 radical (unpaired) electrons. The number of nitrogens with two attached hydrogens (primary N) is 1. The molecule has 1 amide bonds. The first-order valence-electron chi connectivity index (χ1n) is 5.62. The van der Waals surface area contributed by atoms with Crippen LogP contribution in [0.5, 0.6) is 0 Å². The molecule has 0 aliphatic heterocycles. The maximum absolute atomic E-state index is 11.2. The van der Waals surface area contributed by atoms with Crippen LogP contribution in [0.2, 0.25) is 0 Å². The topological polar surface area (TPSA) is 92.4 Å². The molecule has 0 aromatic heterocycles. The average molecular weight is 250 g/mol. The first-order valence-corrected chi connectivity index (χ1v) is 5.62. The lowest BCUT2D eigenvalue weighted by Crippen LogP contribution is -2.37. The Morgan fingerprint density at radius 3 is 2.44 bits per heavy atom. The van der Waals surface area contributed by atoms with Crippen LogP contribution in [0.3, 0.4) is 0 Å². The third-order valence-electron chi connectivity index (χ3n) is 2.86. The van der Waals surface area contributed by atoms with E-state index in [-0.39, 0.29) is 11.5 Å². The van der Waals surface area contributed by atoms with Crippen LogP contribution in [0.15, 0.2) is 18.2 Å². The number of nitrogens with one attached hydrogen (secondary N) is 1. The van der Waals surface area contributed by atoms with Crippen LogP contribution in [-0.2, 0) is 4.79 Å². The van der Waals surface area contributed by atoms with Crippen molar-refractivity contribution in [2.24, 2.45) is 11.1 Å². The highest BCUT2D eigenvalue weighted by Crippen LogP contribution is 2.20. The Labute approximate surface area is 106 Å². The zero-order valence-corrected chi connectivity index (χ0v) is 10.8. The summed E-state index contributed by atoms with van der Waals surface area (Å²) < 4.78 is 0. The predicted molar refractivity (Wildman–Crippen MR) is 69.6 cm³/mol. The monoisotopic (exact) mass is 250 g/mol. The van der Waals surface area contributed by atoms with Crippen molar-refractivity contribution in [3.8, 4) is 0 Å². The van der Waals surface area contributed by atoms with Gasteiger partial charge in [-0.05, 0) is 44.5 Å². The van der Waals surface area contributed by atoms with Gasteiger partial charge in [0.25, 0.3) is 0 Å². The standard InChI is InChI=1S/C13H18N2O3/c1-8-6-9(11(16)17)4-5-10(8)15-7-13(2,3)12(14)18/h4-6,15H,7H2,1-3H3,(H2,14,18)(H,16,17). The lowest BCUT2D eigenvalue weighted by molar-refractivity contribution is -0.125. The lowest BCUT2D eigenvalue weighted by Gasteiger charge is -2.22. The van der Waals surface area contributed by atoms with E-state index >= 15 is 0 Å². The van der Waals surface area contributed by atoms with Crippen LogP contribution in [0.4, 0.5) is 5.69 Å². The van der Waals surface area contributed by atoms with Gasteiger partial charge in [0.15, 0.2) is 0 Å². The van der Waals surface area contributed by atoms with Gasteiger partial charge in [-0.1, -0.05) is 0 Å². The summed E-state index contributed by atoms with van der Waals surface area (Å²) in [5.74, 6) is -1.34. The van der Waals surface area contributed by atoms with Crippen molar-refractivity contribution in [3.63, 3.8) is 0 Å². The van der Waals surface area contributed by atoms with Gasteiger partial charge in [0.2, 0.25) is 5.91 Å². The van der Waals surface area contributed by atoms with E-state index in [4.69, 9.17) is 10.8 Å². The van der Waals surface area contributed by atoms with Gasteiger partial charge in [0, 0.05) is 12.2 Å². The molecule has 0 aliphatic rings. The van der Waals surface area contributed by atoms with E-state index in [9.17, 15) is 9.59 Å². The molecule has 1 aromatic carbocycles. The highest BCUT2D eigenvalue weighted by molar-refractivity contribution is 5.88. The second-order valence-electron chi connectivity index (χ2n) is 4.94. The molecule has 0 unspecified atom stereocenters. The third kappa shape index (κ3) is 3.23. The van der Waals surface area contributed by atoms with Crippen LogP contribution in [0.25, 0.3) is 0 Å². The minimum atomic E-state index is -0.956. The number of primary amides is 1. The number of carbonyl (C=O) groups is 2. The largest absolute Gasteiger partial charge is 0.478 e.